The van der Waals surface area contributed by atoms with Gasteiger partial charge in [0.1, 0.15) is 12.9 Å². The molecule has 36 heavy (non-hydrogen) atoms. The molecule has 0 aliphatic heterocycles. The van der Waals surface area contributed by atoms with E-state index >= 15 is 0 Å². The van der Waals surface area contributed by atoms with Gasteiger partial charge in [0.15, 0.2) is 23.6 Å². The summed E-state index contributed by atoms with van der Waals surface area (Å²) in [4.78, 5) is 33.4. The molecule has 1 aromatic carbocycles. The standard InChI is InChI=1S/C21H18ClF3N8O3/c1-26-19(35)14-3-2-8-27-18(14)33-11-28-16(29-33)10-32-20(36)31(9-15(34)21(23,24)25)17(30-32)12-4-6-13(22)7-5-12/h2-8,11,15,34H,9-10H2,1H3,(H,26,35)/t15-/m0/s1. The van der Waals surface area contributed by atoms with E-state index in [0.29, 0.717) is 10.6 Å². The fourth-order valence-electron chi connectivity index (χ4n) is 3.29. The van der Waals surface area contributed by atoms with Crippen LogP contribution in [-0.2, 0) is 13.1 Å². The Kier molecular flexibility index (Phi) is 6.90. The Morgan fingerprint density at radius 2 is 1.89 bits per heavy atom. The minimum Gasteiger partial charge on any atom is -0.382 e. The molecule has 0 bridgehead atoms. The van der Waals surface area contributed by atoms with Gasteiger partial charge in [-0.2, -0.15) is 13.2 Å². The first-order valence-corrected chi connectivity index (χ1v) is 10.7. The SMILES string of the molecule is CNC(=O)c1cccnc1-n1cnc(Cn2nc(-c3ccc(Cl)cc3)n(C[C@H](O)C(F)(F)F)c2=O)n1. The molecule has 0 spiro atoms. The van der Waals surface area contributed by atoms with Gasteiger partial charge in [0.05, 0.1) is 12.1 Å². The van der Waals surface area contributed by atoms with Gasteiger partial charge in [-0.05, 0) is 36.4 Å². The normalized spacial score (nSPS) is 12.5. The van der Waals surface area contributed by atoms with E-state index in [9.17, 15) is 27.9 Å². The number of benzene rings is 1. The molecule has 2 N–H and O–H groups in total. The van der Waals surface area contributed by atoms with Crippen molar-refractivity contribution in [2.45, 2.75) is 25.4 Å². The monoisotopic (exact) mass is 522 g/mol. The highest BCUT2D eigenvalue weighted by Gasteiger charge is 2.39. The van der Waals surface area contributed by atoms with E-state index in [-0.39, 0.29) is 29.6 Å². The summed E-state index contributed by atoms with van der Waals surface area (Å²) in [5.41, 5.74) is -0.376. The highest BCUT2D eigenvalue weighted by atomic mass is 35.5. The first-order valence-electron chi connectivity index (χ1n) is 10.3. The van der Waals surface area contributed by atoms with E-state index in [1.165, 1.54) is 48.5 Å². The van der Waals surface area contributed by atoms with E-state index in [4.69, 9.17) is 11.6 Å². The van der Waals surface area contributed by atoms with Crippen molar-refractivity contribution in [1.82, 2.24) is 39.4 Å². The summed E-state index contributed by atoms with van der Waals surface area (Å²) in [6.45, 7) is -1.37. The molecule has 0 radical (unpaired) electrons. The summed E-state index contributed by atoms with van der Waals surface area (Å²) in [6, 6.07) is 9.07. The molecule has 0 aliphatic carbocycles. The number of nitrogens with zero attached hydrogens (tertiary/aromatic N) is 7. The maximum Gasteiger partial charge on any atom is 0.416 e. The second-order valence-corrected chi connectivity index (χ2v) is 7.93. The van der Waals surface area contributed by atoms with Crippen LogP contribution in [0.2, 0.25) is 5.02 Å². The van der Waals surface area contributed by atoms with Crippen LogP contribution in [0.25, 0.3) is 17.2 Å². The number of hydrogen-bond acceptors (Lipinski definition) is 7. The number of halogens is 4. The van der Waals surface area contributed by atoms with Gasteiger partial charge in [0, 0.05) is 23.8 Å². The minimum absolute atomic E-state index is 0.0780. The first-order chi connectivity index (χ1) is 17.1. The Hall–Kier alpha value is -4.04. The highest BCUT2D eigenvalue weighted by Crippen LogP contribution is 2.24. The quantitative estimate of drug-likeness (QED) is 0.377. The number of rotatable bonds is 7. The van der Waals surface area contributed by atoms with Gasteiger partial charge in [0.25, 0.3) is 5.91 Å². The number of aromatic nitrogens is 7. The van der Waals surface area contributed by atoms with Crippen LogP contribution in [0, 0.1) is 0 Å². The molecule has 1 atom stereocenters. The molecule has 4 aromatic rings. The average molecular weight is 523 g/mol. The van der Waals surface area contributed by atoms with Crippen molar-refractivity contribution in [2.75, 3.05) is 7.05 Å². The number of carbonyl (C=O) groups is 1. The Bertz CT molecular complexity index is 1450. The zero-order valence-electron chi connectivity index (χ0n) is 18.5. The fraction of sp³-hybridized carbons (Fsp3) is 0.238. The van der Waals surface area contributed by atoms with Crippen molar-refractivity contribution < 1.29 is 23.1 Å². The van der Waals surface area contributed by atoms with Gasteiger partial charge in [-0.15, -0.1) is 10.2 Å². The fourth-order valence-corrected chi connectivity index (χ4v) is 3.42. The van der Waals surface area contributed by atoms with Gasteiger partial charge < -0.3 is 10.4 Å². The Labute approximate surface area is 205 Å². The largest absolute Gasteiger partial charge is 0.416 e. The maximum absolute atomic E-state index is 13.0. The summed E-state index contributed by atoms with van der Waals surface area (Å²) in [5.74, 6) is -0.245. The topological polar surface area (TPSA) is 133 Å². The van der Waals surface area contributed by atoms with Crippen LogP contribution < -0.4 is 11.0 Å². The number of alkyl halides is 3. The van der Waals surface area contributed by atoms with Gasteiger partial charge in [0.2, 0.25) is 0 Å². The lowest BCUT2D eigenvalue weighted by Gasteiger charge is -2.15. The van der Waals surface area contributed by atoms with Gasteiger partial charge >= 0.3 is 11.9 Å². The Balaban J connectivity index is 1.70. The van der Waals surface area contributed by atoms with Gasteiger partial charge in [-0.25, -0.2) is 24.1 Å². The van der Waals surface area contributed by atoms with E-state index in [1.807, 2.05) is 0 Å². The zero-order valence-corrected chi connectivity index (χ0v) is 19.3. The third kappa shape index (κ3) is 5.13. The smallest absolute Gasteiger partial charge is 0.382 e. The summed E-state index contributed by atoms with van der Waals surface area (Å²) in [6.07, 6.45) is -4.99. The molecule has 0 saturated heterocycles. The predicted molar refractivity (Wildman–Crippen MR) is 121 cm³/mol. The van der Waals surface area contributed by atoms with Crippen molar-refractivity contribution in [3.8, 4) is 17.2 Å². The molecule has 188 valence electrons. The number of carbonyl (C=O) groups excluding carboxylic acids is 1. The Morgan fingerprint density at radius 3 is 2.56 bits per heavy atom. The molecular weight excluding hydrogens is 505 g/mol. The van der Waals surface area contributed by atoms with Crippen LogP contribution in [0.15, 0.2) is 53.7 Å². The highest BCUT2D eigenvalue weighted by molar-refractivity contribution is 6.30. The number of aliphatic hydroxyl groups excluding tert-OH is 1. The van der Waals surface area contributed by atoms with Crippen molar-refractivity contribution in [2.24, 2.45) is 0 Å². The molecule has 0 saturated carbocycles. The van der Waals surface area contributed by atoms with Gasteiger partial charge in [-0.1, -0.05) is 11.6 Å². The number of aliphatic hydroxyl groups is 1. The molecule has 0 unspecified atom stereocenters. The lowest BCUT2D eigenvalue weighted by atomic mass is 10.2. The predicted octanol–water partition coefficient (Wildman–Crippen LogP) is 1.67. The molecule has 0 fully saturated rings. The van der Waals surface area contributed by atoms with E-state index in [2.05, 4.69) is 25.5 Å². The van der Waals surface area contributed by atoms with Crippen LogP contribution in [0.5, 0.6) is 0 Å². The van der Waals surface area contributed by atoms with Crippen molar-refractivity contribution in [3.63, 3.8) is 0 Å². The molecule has 3 heterocycles. The van der Waals surface area contributed by atoms with Crippen LogP contribution >= 0.6 is 11.6 Å². The number of nitrogens with one attached hydrogen (secondary N) is 1. The number of pyridine rings is 1. The van der Waals surface area contributed by atoms with E-state index in [1.54, 1.807) is 12.1 Å². The lowest BCUT2D eigenvalue weighted by molar-refractivity contribution is -0.207. The molecule has 11 nitrogen and oxygen atoms in total. The summed E-state index contributed by atoms with van der Waals surface area (Å²) < 4.78 is 41.9. The number of amides is 1. The lowest BCUT2D eigenvalue weighted by Crippen LogP contribution is -2.37. The summed E-state index contributed by atoms with van der Waals surface area (Å²) >= 11 is 5.89. The second-order valence-electron chi connectivity index (χ2n) is 7.50. The molecule has 3 aromatic heterocycles. The van der Waals surface area contributed by atoms with Crippen LogP contribution in [-0.4, -0.2) is 64.4 Å². The van der Waals surface area contributed by atoms with Crippen molar-refractivity contribution in [1.29, 1.82) is 0 Å². The van der Waals surface area contributed by atoms with Crippen molar-refractivity contribution in [3.05, 3.63) is 75.8 Å². The molecule has 4 rings (SSSR count). The van der Waals surface area contributed by atoms with Crippen LogP contribution in [0.3, 0.4) is 0 Å². The van der Waals surface area contributed by atoms with Crippen LogP contribution in [0.1, 0.15) is 16.2 Å². The molecule has 15 heteroatoms. The molecule has 0 aliphatic rings. The second kappa shape index (κ2) is 9.91. The van der Waals surface area contributed by atoms with E-state index < -0.39 is 30.4 Å². The van der Waals surface area contributed by atoms with Crippen molar-refractivity contribution >= 4 is 17.5 Å². The molecule has 1 amide bonds. The van der Waals surface area contributed by atoms with Gasteiger partial charge in [-0.3, -0.25) is 9.36 Å². The van der Waals surface area contributed by atoms with Crippen LogP contribution in [0.4, 0.5) is 13.2 Å². The Morgan fingerprint density at radius 1 is 1.17 bits per heavy atom. The average Bonchev–Trinajstić information content (AvgIpc) is 3.44. The maximum atomic E-state index is 13.0. The third-order valence-corrected chi connectivity index (χ3v) is 5.32. The summed E-state index contributed by atoms with van der Waals surface area (Å²) in [5, 5.41) is 20.8. The van der Waals surface area contributed by atoms with E-state index in [0.717, 1.165) is 9.25 Å². The number of hydrogen-bond donors (Lipinski definition) is 2. The summed E-state index contributed by atoms with van der Waals surface area (Å²) in [7, 11) is 1.46. The minimum atomic E-state index is -4.94. The first kappa shape index (κ1) is 25.1. The molecular formula is C21H18ClF3N8O3. The third-order valence-electron chi connectivity index (χ3n) is 5.06. The zero-order chi connectivity index (χ0) is 26.0.